The Bertz CT molecular complexity index is 2470. The van der Waals surface area contributed by atoms with E-state index in [9.17, 15) is 42.0 Å². The van der Waals surface area contributed by atoms with E-state index in [4.69, 9.17) is 34.7 Å². The van der Waals surface area contributed by atoms with Crippen LogP contribution in [0.25, 0.3) is 10.9 Å². The second-order valence-corrected chi connectivity index (χ2v) is 22.1. The number of carbonyl (C=O) groups is 7. The highest BCUT2D eigenvalue weighted by Gasteiger charge is 2.62. The Morgan fingerprint density at radius 3 is 2.14 bits per heavy atom. The third-order valence-electron chi connectivity index (χ3n) is 13.7. The van der Waals surface area contributed by atoms with Gasteiger partial charge < -0.3 is 34.5 Å². The van der Waals surface area contributed by atoms with E-state index in [1.807, 2.05) is 18.6 Å². The summed E-state index contributed by atoms with van der Waals surface area (Å²) in [4.78, 5) is 99.8. The molecule has 23 heteroatoms. The van der Waals surface area contributed by atoms with Crippen LogP contribution in [0.3, 0.4) is 0 Å². The van der Waals surface area contributed by atoms with Crippen LogP contribution in [0.4, 0.5) is 9.59 Å². The first-order chi connectivity index (χ1) is 33.5. The summed E-state index contributed by atoms with van der Waals surface area (Å²) in [5, 5.41) is 7.07. The standard InChI is InChI=1S/C38H52ClN5O10S.C10H13NO5/c1-7-22-20-38(22,34(47)43-55(49,50)54-37(6)16-17-37)42-32(45)27-18-24(52-28-19-29(51-8-2)40-30-25(28)14-11-15-26(30)39)21-44(27)33(46)31(36(3,4)5)41-35(48)53-23-12-9-10-13-23;12-8-5-6-9(13)11(8)16-10(14)15-7-3-1-2-4-7/h11,14-15,19,22-24,27,31H,7-10,12-13,16-18,20-21H2,1-6H3,(H,41,48)(H,42,45)(H,43,47);7H,1-6H2/t22-,24-,27+,31-,38-;/m1./s1. The zero-order valence-corrected chi connectivity index (χ0v) is 42.6. The van der Waals surface area contributed by atoms with E-state index in [1.54, 1.807) is 52.0 Å². The van der Waals surface area contributed by atoms with Gasteiger partial charge in [-0.05, 0) is 108 Å². The fraction of sp³-hybridized carbons (Fsp3) is 0.667. The minimum Gasteiger partial charge on any atom is -0.488 e. The minimum atomic E-state index is -4.46. The first kappa shape index (κ1) is 53.3. The van der Waals surface area contributed by atoms with Crippen LogP contribution in [0.5, 0.6) is 11.6 Å². The lowest BCUT2D eigenvalue weighted by atomic mass is 9.85. The molecule has 5 atom stereocenters. The predicted molar refractivity (Wildman–Crippen MR) is 254 cm³/mol. The molecule has 6 amide bonds. The van der Waals surface area contributed by atoms with Crippen molar-refractivity contribution in [1.82, 2.24) is 30.3 Å². The smallest absolute Gasteiger partial charge is 0.488 e. The third-order valence-corrected chi connectivity index (χ3v) is 15.0. The van der Waals surface area contributed by atoms with E-state index in [-0.39, 0.29) is 56.2 Å². The van der Waals surface area contributed by atoms with Crippen LogP contribution in [-0.4, -0.2) is 120 Å². The second-order valence-electron chi connectivity index (χ2n) is 20.4. The fourth-order valence-corrected chi connectivity index (χ4v) is 10.8. The summed E-state index contributed by atoms with van der Waals surface area (Å²) >= 11 is 6.51. The number of ether oxygens (including phenoxy) is 4. The number of hydrogen-bond acceptors (Lipinski definition) is 16. The molecule has 2 aliphatic heterocycles. The molecule has 6 aliphatic rings. The lowest BCUT2D eigenvalue weighted by Crippen LogP contribution is -2.60. The van der Waals surface area contributed by atoms with Crippen LogP contribution in [0.15, 0.2) is 24.3 Å². The van der Waals surface area contributed by atoms with Crippen molar-refractivity contribution in [3.8, 4) is 11.6 Å². The van der Waals surface area contributed by atoms with Crippen LogP contribution < -0.4 is 24.8 Å². The number of halogens is 1. The molecule has 0 unspecified atom stereocenters. The molecule has 6 fully saturated rings. The van der Waals surface area contributed by atoms with Crippen molar-refractivity contribution >= 4 is 74.6 Å². The summed E-state index contributed by atoms with van der Waals surface area (Å²) < 4.78 is 55.7. The number of hydrogen-bond donors (Lipinski definition) is 3. The zero-order chi connectivity index (χ0) is 51.5. The number of benzene rings is 1. The van der Waals surface area contributed by atoms with Gasteiger partial charge in [0, 0.05) is 30.7 Å². The summed E-state index contributed by atoms with van der Waals surface area (Å²) in [6.07, 6.45) is 6.20. The monoisotopic (exact) mass is 1030 g/mol. The van der Waals surface area contributed by atoms with Crippen molar-refractivity contribution in [3.63, 3.8) is 0 Å². The number of alkyl carbamates (subject to hydrolysis) is 1. The number of imide groups is 1. The molecular weight excluding hydrogens is 968 g/mol. The van der Waals surface area contributed by atoms with Gasteiger partial charge in [0.1, 0.15) is 41.7 Å². The topological polar surface area (TPSA) is 264 Å². The van der Waals surface area contributed by atoms with E-state index >= 15 is 0 Å². The quantitative estimate of drug-likeness (QED) is 0.127. The Balaban J connectivity index is 0.000000391. The van der Waals surface area contributed by atoms with Crippen LogP contribution in [0.1, 0.15) is 138 Å². The molecule has 21 nitrogen and oxygen atoms in total. The summed E-state index contributed by atoms with van der Waals surface area (Å²) in [6.45, 7) is 11.0. The Hall–Kier alpha value is -5.48. The molecule has 0 spiro atoms. The Kier molecular flexibility index (Phi) is 16.3. The van der Waals surface area contributed by atoms with Crippen molar-refractivity contribution in [1.29, 1.82) is 0 Å². The summed E-state index contributed by atoms with van der Waals surface area (Å²) in [5.41, 5.74) is -2.78. The van der Waals surface area contributed by atoms with Gasteiger partial charge in [0.25, 0.3) is 17.7 Å². The Morgan fingerprint density at radius 1 is 0.930 bits per heavy atom. The van der Waals surface area contributed by atoms with E-state index < -0.39 is 86.8 Å². The van der Waals surface area contributed by atoms with Gasteiger partial charge in [0.15, 0.2) is 0 Å². The first-order valence-corrected chi connectivity index (χ1v) is 26.3. The molecule has 0 radical (unpaired) electrons. The second kappa shape index (κ2) is 21.7. The molecule has 1 aromatic heterocycles. The van der Waals surface area contributed by atoms with Crippen molar-refractivity contribution in [2.45, 2.75) is 179 Å². The number of para-hydroxylation sites is 1. The molecule has 2 aromatic rings. The molecule has 8 rings (SSSR count). The van der Waals surface area contributed by atoms with Gasteiger partial charge in [-0.15, -0.1) is 0 Å². The highest BCUT2D eigenvalue weighted by Crippen LogP contribution is 2.47. The lowest BCUT2D eigenvalue weighted by molar-refractivity contribution is -0.178. The average molecular weight is 1030 g/mol. The van der Waals surface area contributed by atoms with Gasteiger partial charge in [-0.25, -0.2) is 23.5 Å². The molecule has 2 saturated heterocycles. The fourth-order valence-electron chi connectivity index (χ4n) is 9.42. The molecular formula is C48H65ClN6O15S. The normalized spacial score (nSPS) is 24.4. The average Bonchev–Trinajstić information content (AvgIpc) is 3.73. The number of fused-ring (bicyclic) bond motifs is 1. The van der Waals surface area contributed by atoms with E-state index in [0.717, 1.165) is 51.4 Å². The van der Waals surface area contributed by atoms with Crippen molar-refractivity contribution in [3.05, 3.63) is 29.3 Å². The highest BCUT2D eigenvalue weighted by atomic mass is 35.5. The van der Waals surface area contributed by atoms with Crippen molar-refractivity contribution < 1.29 is 69.9 Å². The highest BCUT2D eigenvalue weighted by molar-refractivity contribution is 7.85. The summed E-state index contributed by atoms with van der Waals surface area (Å²) in [5.74, 6) is -2.82. The maximum atomic E-state index is 14.6. The number of nitrogens with one attached hydrogen (secondary N) is 3. The number of rotatable bonds is 16. The molecule has 3 heterocycles. The van der Waals surface area contributed by atoms with Gasteiger partial charge in [0.05, 0.1) is 29.3 Å². The van der Waals surface area contributed by atoms with Crippen molar-refractivity contribution in [2.75, 3.05) is 13.2 Å². The largest absolute Gasteiger partial charge is 0.534 e. The molecule has 390 valence electrons. The summed E-state index contributed by atoms with van der Waals surface area (Å²) in [6, 6.07) is 4.59. The van der Waals surface area contributed by atoms with Gasteiger partial charge in [-0.1, -0.05) is 56.8 Å². The summed E-state index contributed by atoms with van der Waals surface area (Å²) in [7, 11) is -4.46. The number of hydroxylamine groups is 2. The first-order valence-electron chi connectivity index (χ1n) is 24.5. The van der Waals surface area contributed by atoms with Crippen LogP contribution in [0.2, 0.25) is 5.02 Å². The molecule has 4 saturated carbocycles. The SMILES string of the molecule is CCOc1cc(O[C@@H]2C[C@@H](C(=O)N[C@]3(C(=O)NS(=O)(=O)OC4(C)CC4)C[C@H]3CC)N(C(=O)[C@@H](NC(=O)OC3CCCC3)C(C)(C)C)C2)c2cccc(Cl)c2n1.O=C(OC1CCCC1)ON1C(=O)CCC1=O. The van der Waals surface area contributed by atoms with Gasteiger partial charge >= 0.3 is 22.6 Å². The van der Waals surface area contributed by atoms with Crippen LogP contribution in [-0.2, 0) is 52.8 Å². The molecule has 71 heavy (non-hydrogen) atoms. The molecule has 4 aliphatic carbocycles. The van der Waals surface area contributed by atoms with Gasteiger partial charge in [-0.3, -0.25) is 28.8 Å². The number of aromatic nitrogens is 1. The number of nitrogens with zero attached hydrogens (tertiary/aromatic N) is 3. The Morgan fingerprint density at radius 2 is 1.56 bits per heavy atom. The molecule has 0 bridgehead atoms. The van der Waals surface area contributed by atoms with Gasteiger partial charge in [0.2, 0.25) is 17.7 Å². The van der Waals surface area contributed by atoms with E-state index in [1.165, 1.54) is 4.90 Å². The third kappa shape index (κ3) is 13.1. The predicted octanol–water partition coefficient (Wildman–Crippen LogP) is 6.08. The van der Waals surface area contributed by atoms with E-state index in [2.05, 4.69) is 20.5 Å². The number of amides is 6. The Labute approximate surface area is 418 Å². The number of likely N-dealkylation sites (tertiary alicyclic amines) is 1. The van der Waals surface area contributed by atoms with Crippen LogP contribution >= 0.6 is 11.6 Å². The minimum absolute atomic E-state index is 0.00353. The molecule has 1 aromatic carbocycles. The number of carbonyl (C=O) groups excluding carboxylic acids is 7. The van der Waals surface area contributed by atoms with Gasteiger partial charge in [-0.2, -0.15) is 8.42 Å². The van der Waals surface area contributed by atoms with Crippen LogP contribution in [0, 0.1) is 11.3 Å². The maximum absolute atomic E-state index is 14.6. The maximum Gasteiger partial charge on any atom is 0.534 e. The lowest BCUT2D eigenvalue weighted by Gasteiger charge is -2.35. The zero-order valence-electron chi connectivity index (χ0n) is 41.0. The number of pyridine rings is 1. The molecule has 3 N–H and O–H groups in total. The van der Waals surface area contributed by atoms with Crippen molar-refractivity contribution in [2.24, 2.45) is 11.3 Å². The van der Waals surface area contributed by atoms with E-state index in [0.29, 0.717) is 52.6 Å².